The number of hydrogen-bond donors (Lipinski definition) is 1. The van der Waals surface area contributed by atoms with Crippen molar-refractivity contribution in [3.8, 4) is 0 Å². The molecule has 0 bridgehead atoms. The summed E-state index contributed by atoms with van der Waals surface area (Å²) >= 11 is 0. The average molecular weight is 295 g/mol. The Labute approximate surface area is 128 Å². The van der Waals surface area contributed by atoms with Gasteiger partial charge in [-0.25, -0.2) is 9.78 Å². The fourth-order valence-corrected chi connectivity index (χ4v) is 2.37. The number of alkyl carbamates (subject to hydrolysis) is 1. The van der Waals surface area contributed by atoms with Crippen molar-refractivity contribution in [3.63, 3.8) is 0 Å². The lowest BCUT2D eigenvalue weighted by Gasteiger charge is -2.24. The molecule has 5 heteroatoms. The van der Waals surface area contributed by atoms with E-state index >= 15 is 0 Å². The Kier molecular flexibility index (Phi) is 5.81. The van der Waals surface area contributed by atoms with E-state index < -0.39 is 11.7 Å². The Balaban J connectivity index is 2.73. The van der Waals surface area contributed by atoms with Crippen LogP contribution in [0, 0.1) is 5.92 Å². The average Bonchev–Trinajstić information content (AvgIpc) is 2.73. The minimum atomic E-state index is -0.491. The molecule has 21 heavy (non-hydrogen) atoms. The summed E-state index contributed by atoms with van der Waals surface area (Å²) in [5.41, 5.74) is 0.503. The second-order valence-electron chi connectivity index (χ2n) is 7.07. The van der Waals surface area contributed by atoms with E-state index in [1.54, 1.807) is 6.20 Å². The van der Waals surface area contributed by atoms with Crippen molar-refractivity contribution in [2.75, 3.05) is 0 Å². The molecular formula is C16H29N3O2. The maximum Gasteiger partial charge on any atom is 0.408 e. The van der Waals surface area contributed by atoms with Gasteiger partial charge in [0.25, 0.3) is 0 Å². The van der Waals surface area contributed by atoms with Gasteiger partial charge in [0.2, 0.25) is 0 Å². The summed E-state index contributed by atoms with van der Waals surface area (Å²) in [6.07, 6.45) is 4.30. The number of rotatable bonds is 5. The molecule has 5 nitrogen and oxygen atoms in total. The van der Waals surface area contributed by atoms with Crippen LogP contribution in [0.2, 0.25) is 0 Å². The summed E-state index contributed by atoms with van der Waals surface area (Å²) < 4.78 is 7.42. The predicted octanol–water partition coefficient (Wildman–Crippen LogP) is 4.08. The monoisotopic (exact) mass is 295 g/mol. The molecule has 1 aromatic rings. The molecule has 1 N–H and O–H groups in total. The van der Waals surface area contributed by atoms with Crippen LogP contribution >= 0.6 is 0 Å². The normalized spacial score (nSPS) is 14.9. The maximum absolute atomic E-state index is 11.9. The molecule has 0 aromatic carbocycles. The van der Waals surface area contributed by atoms with Gasteiger partial charge in [-0.05, 0) is 47.0 Å². The Morgan fingerprint density at radius 1 is 1.33 bits per heavy atom. The van der Waals surface area contributed by atoms with Gasteiger partial charge in [0.15, 0.2) is 0 Å². The highest BCUT2D eigenvalue weighted by Gasteiger charge is 2.21. The number of nitrogens with zero attached hydrogens (tertiary/aromatic N) is 2. The van der Waals surface area contributed by atoms with Gasteiger partial charge in [-0.3, -0.25) is 0 Å². The highest BCUT2D eigenvalue weighted by molar-refractivity contribution is 5.68. The molecule has 0 saturated carbocycles. The number of amides is 1. The first-order valence-corrected chi connectivity index (χ1v) is 7.61. The zero-order chi connectivity index (χ0) is 16.2. The molecule has 0 saturated heterocycles. The summed E-state index contributed by atoms with van der Waals surface area (Å²) in [5.74, 6) is 0.615. The number of carbonyl (C=O) groups is 1. The largest absolute Gasteiger partial charge is 0.444 e. The first-order valence-electron chi connectivity index (χ1n) is 7.61. The van der Waals surface area contributed by atoms with Crippen LogP contribution < -0.4 is 5.32 Å². The van der Waals surface area contributed by atoms with Crippen LogP contribution in [0.1, 0.15) is 72.7 Å². The predicted molar refractivity (Wildman–Crippen MR) is 84.2 cm³/mol. The highest BCUT2D eigenvalue weighted by atomic mass is 16.6. The number of hydrogen-bond acceptors (Lipinski definition) is 3. The Morgan fingerprint density at radius 3 is 2.48 bits per heavy atom. The van der Waals surface area contributed by atoms with E-state index in [4.69, 9.17) is 4.74 Å². The second-order valence-corrected chi connectivity index (χ2v) is 7.07. The van der Waals surface area contributed by atoms with E-state index in [-0.39, 0.29) is 6.04 Å². The number of carbonyl (C=O) groups excluding carboxylic acids is 1. The van der Waals surface area contributed by atoms with Gasteiger partial charge in [0.05, 0.1) is 24.3 Å². The quantitative estimate of drug-likeness (QED) is 0.890. The summed E-state index contributed by atoms with van der Waals surface area (Å²) in [6, 6.07) is 0.211. The molecule has 1 amide bonds. The molecule has 0 aliphatic carbocycles. The summed E-state index contributed by atoms with van der Waals surface area (Å²) in [5, 5.41) is 2.87. The maximum atomic E-state index is 11.9. The van der Waals surface area contributed by atoms with Crippen LogP contribution in [-0.2, 0) is 4.74 Å². The van der Waals surface area contributed by atoms with Crippen LogP contribution in [0.5, 0.6) is 0 Å². The van der Waals surface area contributed by atoms with Crippen molar-refractivity contribution in [1.82, 2.24) is 14.9 Å². The molecule has 0 aliphatic heterocycles. The third-order valence-corrected chi connectivity index (χ3v) is 3.16. The first-order chi connectivity index (χ1) is 9.60. The lowest BCUT2D eigenvalue weighted by atomic mass is 10.0. The van der Waals surface area contributed by atoms with E-state index in [1.807, 2.05) is 34.0 Å². The van der Waals surface area contributed by atoms with Gasteiger partial charge in [-0.1, -0.05) is 13.8 Å². The van der Waals surface area contributed by atoms with Gasteiger partial charge >= 0.3 is 6.09 Å². The number of aromatic nitrogens is 2. The molecule has 1 aromatic heterocycles. The fraction of sp³-hybridized carbons (Fsp3) is 0.750. The lowest BCUT2D eigenvalue weighted by molar-refractivity contribution is 0.0505. The molecular weight excluding hydrogens is 266 g/mol. The van der Waals surface area contributed by atoms with Crippen LogP contribution in [-0.4, -0.2) is 21.2 Å². The minimum Gasteiger partial charge on any atom is -0.444 e. The van der Waals surface area contributed by atoms with E-state index in [9.17, 15) is 4.79 Å². The van der Waals surface area contributed by atoms with Gasteiger partial charge in [0.1, 0.15) is 5.60 Å². The van der Waals surface area contributed by atoms with Gasteiger partial charge in [-0.2, -0.15) is 0 Å². The van der Waals surface area contributed by atoms with Gasteiger partial charge < -0.3 is 14.6 Å². The third kappa shape index (κ3) is 5.78. The smallest absolute Gasteiger partial charge is 0.408 e. The van der Waals surface area contributed by atoms with Crippen LogP contribution in [0.25, 0.3) is 0 Å². The van der Waals surface area contributed by atoms with Crippen molar-refractivity contribution < 1.29 is 9.53 Å². The molecule has 0 aliphatic rings. The first kappa shape index (κ1) is 17.5. The third-order valence-electron chi connectivity index (χ3n) is 3.16. The van der Waals surface area contributed by atoms with Crippen molar-refractivity contribution in [2.24, 2.45) is 5.92 Å². The van der Waals surface area contributed by atoms with E-state index in [1.165, 1.54) is 0 Å². The molecule has 0 fully saturated rings. The highest BCUT2D eigenvalue weighted by Crippen LogP contribution is 2.22. The Morgan fingerprint density at radius 2 is 1.95 bits per heavy atom. The Bertz CT molecular complexity index is 460. The fourth-order valence-electron chi connectivity index (χ4n) is 2.37. The number of nitrogens with one attached hydrogen (secondary N) is 1. The summed E-state index contributed by atoms with van der Waals surface area (Å²) in [4.78, 5) is 16.1. The van der Waals surface area contributed by atoms with Crippen molar-refractivity contribution in [3.05, 3.63) is 18.2 Å². The number of imidazole rings is 1. The molecule has 1 heterocycles. The topological polar surface area (TPSA) is 56.2 Å². The minimum absolute atomic E-state index is 0.142. The van der Waals surface area contributed by atoms with E-state index in [0.29, 0.717) is 12.0 Å². The lowest BCUT2D eigenvalue weighted by Crippen LogP contribution is -2.34. The van der Waals surface area contributed by atoms with Gasteiger partial charge in [0, 0.05) is 6.04 Å². The molecule has 2 atom stereocenters. The molecule has 1 unspecified atom stereocenters. The SMILES string of the molecule is CC(C)CC(C)n1cncc1[C@@H](C)NC(=O)OC(C)(C)C. The number of ether oxygens (including phenoxy) is 1. The van der Waals surface area contributed by atoms with E-state index in [0.717, 1.165) is 12.1 Å². The zero-order valence-corrected chi connectivity index (χ0v) is 14.3. The standard InChI is InChI=1S/C16H29N3O2/c1-11(2)8-12(3)19-10-17-9-14(19)13(4)18-15(20)21-16(5,6)7/h9-13H,8H2,1-7H3,(H,18,20)/t12?,13-/m1/s1. The van der Waals surface area contributed by atoms with Crippen LogP contribution in [0.4, 0.5) is 4.79 Å². The second kappa shape index (κ2) is 6.96. The molecule has 1 rings (SSSR count). The summed E-state index contributed by atoms with van der Waals surface area (Å²) in [6.45, 7) is 14.1. The molecule has 120 valence electrons. The van der Waals surface area contributed by atoms with Crippen molar-refractivity contribution in [1.29, 1.82) is 0 Å². The van der Waals surface area contributed by atoms with Gasteiger partial charge in [-0.15, -0.1) is 0 Å². The van der Waals surface area contributed by atoms with E-state index in [2.05, 4.69) is 35.6 Å². The zero-order valence-electron chi connectivity index (χ0n) is 14.3. The molecule has 0 spiro atoms. The van der Waals surface area contributed by atoms with Crippen LogP contribution in [0.15, 0.2) is 12.5 Å². The van der Waals surface area contributed by atoms with Crippen molar-refractivity contribution in [2.45, 2.75) is 72.6 Å². The summed E-state index contributed by atoms with van der Waals surface area (Å²) in [7, 11) is 0. The van der Waals surface area contributed by atoms with Crippen LogP contribution in [0.3, 0.4) is 0 Å². The van der Waals surface area contributed by atoms with Crippen molar-refractivity contribution >= 4 is 6.09 Å². The molecule has 0 radical (unpaired) electrons. The Hall–Kier alpha value is -1.52.